The first-order chi connectivity index (χ1) is 16.7. The minimum atomic E-state index is -0.889. The average molecular weight is 467 g/mol. The SMILES string of the molecule is CC1(C)OB(C(CC(=O)O)c2c(-c3ccccc3)n(-c3ccccc3)c3ccccc23)OC1(C)C. The molecule has 0 saturated carbocycles. The maximum absolute atomic E-state index is 12.2. The van der Waals surface area contributed by atoms with Crippen LogP contribution in [0.3, 0.4) is 0 Å². The molecular formula is C29H30BNO4. The molecular weight excluding hydrogens is 437 g/mol. The Morgan fingerprint density at radius 1 is 0.857 bits per heavy atom. The number of carbonyl (C=O) groups is 1. The molecule has 1 N–H and O–H groups in total. The molecule has 1 unspecified atom stereocenters. The third-order valence-corrected chi connectivity index (χ3v) is 7.34. The second-order valence-electron chi connectivity index (χ2n) is 10.1. The molecule has 0 radical (unpaired) electrons. The molecule has 1 aromatic heterocycles. The fourth-order valence-electron chi connectivity index (χ4n) is 4.94. The van der Waals surface area contributed by atoms with Crippen molar-refractivity contribution in [2.24, 2.45) is 0 Å². The van der Waals surface area contributed by atoms with Crippen LogP contribution in [0, 0.1) is 0 Å². The van der Waals surface area contributed by atoms with Gasteiger partial charge in [-0.2, -0.15) is 0 Å². The van der Waals surface area contributed by atoms with Crippen molar-refractivity contribution in [1.29, 1.82) is 0 Å². The van der Waals surface area contributed by atoms with E-state index in [1.165, 1.54) is 0 Å². The largest absolute Gasteiger partial charge is 0.481 e. The van der Waals surface area contributed by atoms with Crippen LogP contribution in [0.4, 0.5) is 0 Å². The van der Waals surface area contributed by atoms with Crippen molar-refractivity contribution < 1.29 is 19.2 Å². The predicted octanol–water partition coefficient (Wildman–Crippen LogP) is 6.49. The van der Waals surface area contributed by atoms with Crippen LogP contribution < -0.4 is 0 Å². The van der Waals surface area contributed by atoms with Gasteiger partial charge in [-0.15, -0.1) is 0 Å². The second-order valence-corrected chi connectivity index (χ2v) is 10.1. The predicted molar refractivity (Wildman–Crippen MR) is 140 cm³/mol. The first-order valence-electron chi connectivity index (χ1n) is 12.0. The van der Waals surface area contributed by atoms with Gasteiger partial charge in [0.2, 0.25) is 0 Å². The van der Waals surface area contributed by atoms with E-state index in [0.717, 1.165) is 33.4 Å². The van der Waals surface area contributed by atoms with Gasteiger partial charge in [0.05, 0.1) is 28.8 Å². The number of carboxylic acid groups (broad SMARTS) is 1. The third-order valence-electron chi connectivity index (χ3n) is 7.34. The Balaban J connectivity index is 1.83. The maximum Gasteiger partial charge on any atom is 0.466 e. The summed E-state index contributed by atoms with van der Waals surface area (Å²) in [4.78, 5) is 12.2. The van der Waals surface area contributed by atoms with Gasteiger partial charge in [0.25, 0.3) is 0 Å². The molecule has 6 heteroatoms. The number of nitrogens with zero attached hydrogens (tertiary/aromatic N) is 1. The molecule has 3 aromatic carbocycles. The number of fused-ring (bicyclic) bond motifs is 1. The number of aliphatic carboxylic acids is 1. The van der Waals surface area contributed by atoms with Gasteiger partial charge >= 0.3 is 13.1 Å². The number of benzene rings is 3. The molecule has 35 heavy (non-hydrogen) atoms. The van der Waals surface area contributed by atoms with E-state index in [-0.39, 0.29) is 6.42 Å². The summed E-state index contributed by atoms with van der Waals surface area (Å²) >= 11 is 0. The summed E-state index contributed by atoms with van der Waals surface area (Å²) in [5.41, 5.74) is 3.78. The average Bonchev–Trinajstić information content (AvgIpc) is 3.28. The fraction of sp³-hybridized carbons (Fsp3) is 0.276. The van der Waals surface area contributed by atoms with E-state index >= 15 is 0 Å². The van der Waals surface area contributed by atoms with E-state index < -0.39 is 30.1 Å². The molecule has 5 nitrogen and oxygen atoms in total. The van der Waals surface area contributed by atoms with Crippen LogP contribution in [0.1, 0.15) is 45.5 Å². The van der Waals surface area contributed by atoms with Crippen LogP contribution in [0.25, 0.3) is 27.8 Å². The Hall–Kier alpha value is -3.35. The van der Waals surface area contributed by atoms with Crippen LogP contribution in [-0.4, -0.2) is 34.0 Å². The minimum Gasteiger partial charge on any atom is -0.481 e. The van der Waals surface area contributed by atoms with Gasteiger partial charge in [-0.05, 0) is 57.0 Å². The zero-order chi connectivity index (χ0) is 24.8. The van der Waals surface area contributed by atoms with Crippen molar-refractivity contribution in [3.05, 3.63) is 90.5 Å². The number of hydrogen-bond donors (Lipinski definition) is 1. The van der Waals surface area contributed by atoms with Crippen LogP contribution in [0.2, 0.25) is 0 Å². The molecule has 1 fully saturated rings. The lowest BCUT2D eigenvalue weighted by atomic mass is 9.65. The third kappa shape index (κ3) is 4.07. The van der Waals surface area contributed by atoms with Gasteiger partial charge in [0.15, 0.2) is 0 Å². The summed E-state index contributed by atoms with van der Waals surface area (Å²) in [6.45, 7) is 7.98. The lowest BCUT2D eigenvalue weighted by molar-refractivity contribution is -0.137. The first-order valence-corrected chi connectivity index (χ1v) is 12.0. The van der Waals surface area contributed by atoms with Crippen molar-refractivity contribution in [2.75, 3.05) is 0 Å². The highest BCUT2D eigenvalue weighted by Crippen LogP contribution is 2.47. The molecule has 1 aliphatic heterocycles. The lowest BCUT2D eigenvalue weighted by Gasteiger charge is -2.32. The summed E-state index contributed by atoms with van der Waals surface area (Å²) in [5.74, 6) is -1.40. The molecule has 2 heterocycles. The van der Waals surface area contributed by atoms with Gasteiger partial charge in [0, 0.05) is 16.9 Å². The standard InChI is InChI=1S/C29H30BNO4/c1-28(2)29(3,4)35-30(34-28)23(19-25(32)33)26-22-17-11-12-18-24(22)31(21-15-9-6-10-16-21)27(26)20-13-7-5-8-14-20/h5-18,23H,19H2,1-4H3,(H,32,33). The molecule has 1 aliphatic rings. The Bertz CT molecular complexity index is 1350. The van der Waals surface area contributed by atoms with Gasteiger partial charge in [-0.3, -0.25) is 4.79 Å². The lowest BCUT2D eigenvalue weighted by Crippen LogP contribution is -2.41. The molecule has 5 rings (SSSR count). The van der Waals surface area contributed by atoms with E-state index in [1.54, 1.807) is 0 Å². The Morgan fingerprint density at radius 2 is 1.40 bits per heavy atom. The summed E-state index contributed by atoms with van der Waals surface area (Å²) in [5, 5.41) is 11.0. The van der Waals surface area contributed by atoms with E-state index in [2.05, 4.69) is 41.0 Å². The van der Waals surface area contributed by atoms with E-state index in [0.29, 0.717) is 0 Å². The van der Waals surface area contributed by atoms with Gasteiger partial charge in [0.1, 0.15) is 0 Å². The topological polar surface area (TPSA) is 60.7 Å². The smallest absolute Gasteiger partial charge is 0.466 e. The minimum absolute atomic E-state index is 0.112. The van der Waals surface area contributed by atoms with Gasteiger partial charge in [-0.1, -0.05) is 66.7 Å². The summed E-state index contributed by atoms with van der Waals surface area (Å²) in [7, 11) is -0.700. The van der Waals surface area contributed by atoms with Crippen molar-refractivity contribution in [3.8, 4) is 16.9 Å². The van der Waals surface area contributed by atoms with Crippen molar-refractivity contribution in [2.45, 2.75) is 51.1 Å². The fourth-order valence-corrected chi connectivity index (χ4v) is 4.94. The zero-order valence-electron chi connectivity index (χ0n) is 20.6. The summed E-state index contributed by atoms with van der Waals surface area (Å²) in [6, 6.07) is 28.5. The molecule has 1 atom stereocenters. The normalized spacial score (nSPS) is 17.5. The summed E-state index contributed by atoms with van der Waals surface area (Å²) < 4.78 is 15.1. The molecule has 1 saturated heterocycles. The van der Waals surface area contributed by atoms with E-state index in [4.69, 9.17) is 9.31 Å². The van der Waals surface area contributed by atoms with E-state index in [9.17, 15) is 9.90 Å². The molecule has 0 spiro atoms. The van der Waals surface area contributed by atoms with Crippen LogP contribution in [-0.2, 0) is 14.1 Å². The quantitative estimate of drug-likeness (QED) is 0.330. The number of carboxylic acids is 1. The highest BCUT2D eigenvalue weighted by Gasteiger charge is 2.55. The van der Waals surface area contributed by atoms with Crippen molar-refractivity contribution in [3.63, 3.8) is 0 Å². The molecule has 4 aromatic rings. The Kier molecular flexibility index (Phi) is 5.82. The highest BCUT2D eigenvalue weighted by atomic mass is 16.7. The Labute approximate surface area is 206 Å². The maximum atomic E-state index is 12.2. The van der Waals surface area contributed by atoms with Crippen molar-refractivity contribution >= 4 is 24.0 Å². The van der Waals surface area contributed by atoms with Gasteiger partial charge < -0.3 is 19.0 Å². The second kappa shape index (κ2) is 8.70. The molecule has 0 bridgehead atoms. The molecule has 178 valence electrons. The van der Waals surface area contributed by atoms with Gasteiger partial charge in [-0.25, -0.2) is 0 Å². The number of rotatable bonds is 6. The van der Waals surface area contributed by atoms with Crippen LogP contribution in [0.15, 0.2) is 84.9 Å². The number of hydrogen-bond acceptors (Lipinski definition) is 3. The highest BCUT2D eigenvalue weighted by molar-refractivity contribution is 6.48. The molecule has 0 aliphatic carbocycles. The Morgan fingerprint density at radius 3 is 2.00 bits per heavy atom. The summed E-state index contributed by atoms with van der Waals surface area (Å²) in [6.07, 6.45) is -0.112. The first kappa shape index (κ1) is 23.4. The van der Waals surface area contributed by atoms with Crippen molar-refractivity contribution in [1.82, 2.24) is 4.57 Å². The zero-order valence-corrected chi connectivity index (χ0v) is 20.6. The number of para-hydroxylation sites is 2. The number of aromatic nitrogens is 1. The van der Waals surface area contributed by atoms with E-state index in [1.807, 2.05) is 76.2 Å². The monoisotopic (exact) mass is 467 g/mol. The van der Waals surface area contributed by atoms with Crippen LogP contribution >= 0.6 is 0 Å². The van der Waals surface area contributed by atoms with Crippen LogP contribution in [0.5, 0.6) is 0 Å². The molecule has 0 amide bonds.